The van der Waals surface area contributed by atoms with Crippen molar-refractivity contribution in [3.8, 4) is 11.5 Å². The zero-order valence-corrected chi connectivity index (χ0v) is 10.2. The molecule has 0 fully saturated rings. The van der Waals surface area contributed by atoms with E-state index in [0.29, 0.717) is 0 Å². The molecule has 0 amide bonds. The number of benzene rings is 1. The molecule has 10 heavy (non-hydrogen) atoms. The number of aromatic hydroxyl groups is 2. The van der Waals surface area contributed by atoms with E-state index in [4.69, 9.17) is 10.2 Å². The first-order chi connectivity index (χ1) is 3.80. The summed E-state index contributed by atoms with van der Waals surface area (Å²) in [4.78, 5) is 0. The summed E-state index contributed by atoms with van der Waals surface area (Å²) >= 11 is 0. The van der Waals surface area contributed by atoms with Crippen LogP contribution in [0.5, 0.6) is 11.5 Å². The van der Waals surface area contributed by atoms with Gasteiger partial charge in [0.2, 0.25) is 0 Å². The Balaban J connectivity index is -0.0000000800. The maximum Gasteiger partial charge on any atom is 1.00 e. The van der Waals surface area contributed by atoms with Gasteiger partial charge in [0.25, 0.3) is 0 Å². The van der Waals surface area contributed by atoms with Crippen molar-refractivity contribution in [2.24, 2.45) is 0 Å². The summed E-state index contributed by atoms with van der Waals surface area (Å²) in [5.74, 6) is -0.153. The van der Waals surface area contributed by atoms with Gasteiger partial charge in [-0.1, -0.05) is 12.1 Å². The second-order valence-corrected chi connectivity index (χ2v) is 1.49. The number of para-hydroxylation sites is 2. The summed E-state index contributed by atoms with van der Waals surface area (Å²) in [5.41, 5.74) is 0. The van der Waals surface area contributed by atoms with Crippen molar-refractivity contribution in [1.29, 1.82) is 0 Å². The molecular weight excluding hydrogens is 150 g/mol. The maximum absolute atomic E-state index is 8.67. The van der Waals surface area contributed by atoms with Crippen molar-refractivity contribution < 1.29 is 72.2 Å². The molecule has 0 heterocycles. The van der Waals surface area contributed by atoms with Gasteiger partial charge in [0.15, 0.2) is 11.5 Å². The predicted molar refractivity (Wildman–Crippen MR) is 32.0 cm³/mol. The normalized spacial score (nSPS) is 7.20. The van der Waals surface area contributed by atoms with Crippen LogP contribution in [0, 0.1) is 0 Å². The van der Waals surface area contributed by atoms with Crippen molar-refractivity contribution >= 4 is 0 Å². The van der Waals surface area contributed by atoms with Gasteiger partial charge >= 0.3 is 59.1 Å². The van der Waals surface area contributed by atoms with Gasteiger partial charge in [0.05, 0.1) is 0 Å². The first-order valence-electron chi connectivity index (χ1n) is 2.27. The topological polar surface area (TPSA) is 40.5 Å². The number of phenols is 2. The third-order valence-corrected chi connectivity index (χ3v) is 0.882. The van der Waals surface area contributed by atoms with Crippen molar-refractivity contribution in [3.05, 3.63) is 24.3 Å². The van der Waals surface area contributed by atoms with E-state index < -0.39 is 0 Å². The van der Waals surface area contributed by atoms with E-state index in [-0.39, 0.29) is 73.5 Å². The van der Waals surface area contributed by atoms with E-state index in [1.165, 1.54) is 12.1 Å². The molecule has 0 aromatic heterocycles. The largest absolute Gasteiger partial charge is 1.00 e. The van der Waals surface area contributed by atoms with Crippen LogP contribution in [-0.2, 0) is 0 Å². The molecule has 2 nitrogen and oxygen atoms in total. The molecule has 0 spiro atoms. The summed E-state index contributed by atoms with van der Waals surface area (Å²) in [5, 5.41) is 17.3. The molecule has 2 N–H and O–H groups in total. The molecule has 1 rings (SSSR count). The predicted octanol–water partition coefficient (Wildman–Crippen LogP) is -4.67. The summed E-state index contributed by atoms with van der Waals surface area (Å²) in [6.45, 7) is 0. The van der Waals surface area contributed by atoms with Crippen LogP contribution in [0.3, 0.4) is 0 Å². The van der Waals surface area contributed by atoms with Gasteiger partial charge < -0.3 is 13.1 Å². The number of hydrogen-bond donors (Lipinski definition) is 2. The zero-order chi connectivity index (χ0) is 5.98. The van der Waals surface area contributed by atoms with Crippen LogP contribution in [-0.4, -0.2) is 10.2 Å². The maximum atomic E-state index is 8.67. The molecule has 4 heteroatoms. The molecule has 1 aromatic rings. The first kappa shape index (κ1) is 13.4. The average Bonchev–Trinajstić information content (AvgIpc) is 1.77. The Morgan fingerprint density at radius 3 is 1.40 bits per heavy atom. The van der Waals surface area contributed by atoms with Crippen LogP contribution in [0.1, 0.15) is 2.85 Å². The van der Waals surface area contributed by atoms with Gasteiger partial charge in [-0.25, -0.2) is 0 Å². The minimum absolute atomic E-state index is 0. The monoisotopic (exact) mass is 158 g/mol. The minimum Gasteiger partial charge on any atom is -1.00 e. The Morgan fingerprint density at radius 2 is 1.20 bits per heavy atom. The van der Waals surface area contributed by atoms with E-state index in [1.54, 1.807) is 12.1 Å². The Hall–Kier alpha value is 0.820. The van der Waals surface area contributed by atoms with E-state index in [1.807, 2.05) is 0 Å². The molecule has 0 aliphatic carbocycles. The molecule has 0 saturated carbocycles. The standard InChI is InChI=1S/C6H6O2.2Na.2H/c7-5-3-1-2-4-6(5)8;;;;/h1-4,7-8H;;;;/q;2*+1;2*-1. The van der Waals surface area contributed by atoms with Crippen LogP contribution in [0.15, 0.2) is 24.3 Å². The Labute approximate surface area is 107 Å². The Morgan fingerprint density at radius 1 is 0.900 bits per heavy atom. The summed E-state index contributed by atoms with van der Waals surface area (Å²) in [6, 6.07) is 6.15. The van der Waals surface area contributed by atoms with Gasteiger partial charge in [-0.05, 0) is 12.1 Å². The summed E-state index contributed by atoms with van der Waals surface area (Å²) < 4.78 is 0. The van der Waals surface area contributed by atoms with Gasteiger partial charge in [-0.15, -0.1) is 0 Å². The Bertz CT molecular complexity index is 178. The van der Waals surface area contributed by atoms with Crippen LogP contribution >= 0.6 is 0 Å². The molecule has 0 bridgehead atoms. The summed E-state index contributed by atoms with van der Waals surface area (Å²) in [7, 11) is 0. The average molecular weight is 158 g/mol. The molecule has 0 atom stereocenters. The molecule has 46 valence electrons. The van der Waals surface area contributed by atoms with Crippen LogP contribution in [0.2, 0.25) is 0 Å². The van der Waals surface area contributed by atoms with Crippen LogP contribution in [0.4, 0.5) is 0 Å². The van der Waals surface area contributed by atoms with Crippen molar-refractivity contribution in [2.45, 2.75) is 0 Å². The van der Waals surface area contributed by atoms with Crippen LogP contribution in [0.25, 0.3) is 0 Å². The zero-order valence-electron chi connectivity index (χ0n) is 8.20. The molecule has 0 unspecified atom stereocenters. The molecule has 1 aromatic carbocycles. The van der Waals surface area contributed by atoms with E-state index >= 15 is 0 Å². The third kappa shape index (κ3) is 3.86. The molecular formula is C6H8Na2O2. The molecule has 0 radical (unpaired) electrons. The van der Waals surface area contributed by atoms with Gasteiger partial charge in [-0.3, -0.25) is 0 Å². The smallest absolute Gasteiger partial charge is 1.00 e. The van der Waals surface area contributed by atoms with Crippen molar-refractivity contribution in [1.82, 2.24) is 0 Å². The van der Waals surface area contributed by atoms with Gasteiger partial charge in [-0.2, -0.15) is 0 Å². The fourth-order valence-electron chi connectivity index (χ4n) is 0.464. The second kappa shape index (κ2) is 6.53. The SMILES string of the molecule is Oc1ccccc1O.[H-].[H-].[Na+].[Na+]. The van der Waals surface area contributed by atoms with E-state index in [9.17, 15) is 0 Å². The van der Waals surface area contributed by atoms with Gasteiger partial charge in [0, 0.05) is 0 Å². The summed E-state index contributed by atoms with van der Waals surface area (Å²) in [6.07, 6.45) is 0. The van der Waals surface area contributed by atoms with E-state index in [0.717, 1.165) is 0 Å². The number of rotatable bonds is 0. The third-order valence-electron chi connectivity index (χ3n) is 0.882. The van der Waals surface area contributed by atoms with Crippen molar-refractivity contribution in [3.63, 3.8) is 0 Å². The quantitative estimate of drug-likeness (QED) is 0.294. The first-order valence-corrected chi connectivity index (χ1v) is 2.27. The Kier molecular flexibility index (Phi) is 8.75. The number of hydrogen-bond acceptors (Lipinski definition) is 2. The fourth-order valence-corrected chi connectivity index (χ4v) is 0.464. The fraction of sp³-hybridized carbons (Fsp3) is 0. The molecule has 0 aliphatic rings. The minimum atomic E-state index is -0.0764. The van der Waals surface area contributed by atoms with Crippen LogP contribution < -0.4 is 59.1 Å². The van der Waals surface area contributed by atoms with Gasteiger partial charge in [0.1, 0.15) is 0 Å². The molecule has 0 aliphatic heterocycles. The van der Waals surface area contributed by atoms with E-state index in [2.05, 4.69) is 0 Å². The molecule has 0 saturated heterocycles. The van der Waals surface area contributed by atoms with Crippen molar-refractivity contribution in [2.75, 3.05) is 0 Å². The second-order valence-electron chi connectivity index (χ2n) is 1.49. The number of phenolic OH excluding ortho intramolecular Hbond substituents is 2.